The van der Waals surface area contributed by atoms with E-state index in [1.807, 2.05) is 29.2 Å². The average molecular weight is 326 g/mol. The molecule has 0 aromatic heterocycles. The van der Waals surface area contributed by atoms with Gasteiger partial charge in [-0.3, -0.25) is 9.69 Å². The molecule has 1 aromatic carbocycles. The number of likely N-dealkylation sites (N-methyl/N-ethyl adjacent to an activating group) is 1. The molecule has 19 heavy (non-hydrogen) atoms. The zero-order chi connectivity index (χ0) is 13.8. The lowest BCUT2D eigenvalue weighted by atomic mass is 10.1. The Morgan fingerprint density at radius 1 is 1.47 bits per heavy atom. The highest BCUT2D eigenvalue weighted by Crippen LogP contribution is 2.14. The molecule has 0 aliphatic carbocycles. The van der Waals surface area contributed by atoms with E-state index in [0.717, 1.165) is 29.7 Å². The van der Waals surface area contributed by atoms with Crippen LogP contribution in [0, 0.1) is 0 Å². The van der Waals surface area contributed by atoms with Crippen LogP contribution in [0.3, 0.4) is 0 Å². The van der Waals surface area contributed by atoms with E-state index in [4.69, 9.17) is 5.73 Å². The summed E-state index contributed by atoms with van der Waals surface area (Å²) in [7, 11) is 2.06. The van der Waals surface area contributed by atoms with Gasteiger partial charge in [0.2, 0.25) is 5.91 Å². The number of rotatable bonds is 3. The molecule has 0 spiro atoms. The van der Waals surface area contributed by atoms with E-state index in [1.54, 1.807) is 0 Å². The van der Waals surface area contributed by atoms with Crippen molar-refractivity contribution >= 4 is 21.8 Å². The molecule has 0 bridgehead atoms. The average Bonchev–Trinajstić information content (AvgIpc) is 2.39. The summed E-state index contributed by atoms with van der Waals surface area (Å²) in [5.74, 6) is 0.185. The summed E-state index contributed by atoms with van der Waals surface area (Å²) in [5, 5.41) is 0. The normalized spacial score (nSPS) is 20.6. The fourth-order valence-electron chi connectivity index (χ4n) is 2.36. The largest absolute Gasteiger partial charge is 0.340 e. The Morgan fingerprint density at radius 2 is 2.26 bits per heavy atom. The summed E-state index contributed by atoms with van der Waals surface area (Å²) in [6.45, 7) is 3.02. The van der Waals surface area contributed by atoms with Gasteiger partial charge in [-0.1, -0.05) is 28.1 Å². The molecule has 1 atom stereocenters. The number of nitrogens with two attached hydrogens (primary N) is 1. The van der Waals surface area contributed by atoms with Crippen LogP contribution in [0.1, 0.15) is 5.56 Å². The van der Waals surface area contributed by atoms with E-state index >= 15 is 0 Å². The van der Waals surface area contributed by atoms with Crippen LogP contribution >= 0.6 is 15.9 Å². The number of benzene rings is 1. The molecule has 0 saturated carbocycles. The summed E-state index contributed by atoms with van der Waals surface area (Å²) in [4.78, 5) is 16.5. The van der Waals surface area contributed by atoms with Gasteiger partial charge in [-0.05, 0) is 24.7 Å². The Bertz CT molecular complexity index is 452. The number of halogens is 1. The minimum atomic E-state index is 0.185. The van der Waals surface area contributed by atoms with Gasteiger partial charge in [0.05, 0.1) is 6.42 Å². The van der Waals surface area contributed by atoms with Gasteiger partial charge in [0.15, 0.2) is 0 Å². The van der Waals surface area contributed by atoms with Crippen LogP contribution in [0.15, 0.2) is 28.7 Å². The number of hydrogen-bond acceptors (Lipinski definition) is 3. The van der Waals surface area contributed by atoms with Gasteiger partial charge in [0, 0.05) is 36.7 Å². The van der Waals surface area contributed by atoms with Crippen molar-refractivity contribution in [1.29, 1.82) is 0 Å². The number of amides is 1. The number of carbonyl (C=O) groups excluding carboxylic acids is 1. The zero-order valence-electron chi connectivity index (χ0n) is 11.2. The van der Waals surface area contributed by atoms with Crippen molar-refractivity contribution in [3.8, 4) is 0 Å². The van der Waals surface area contributed by atoms with Crippen molar-refractivity contribution in [2.24, 2.45) is 5.73 Å². The summed E-state index contributed by atoms with van der Waals surface area (Å²) in [6, 6.07) is 8.18. The molecule has 0 radical (unpaired) electrons. The molecule has 104 valence electrons. The topological polar surface area (TPSA) is 49.6 Å². The highest BCUT2D eigenvalue weighted by molar-refractivity contribution is 9.10. The minimum Gasteiger partial charge on any atom is -0.340 e. The molecule has 1 aliphatic heterocycles. The third kappa shape index (κ3) is 3.78. The highest BCUT2D eigenvalue weighted by atomic mass is 79.9. The second kappa shape index (κ2) is 6.50. The third-order valence-electron chi connectivity index (χ3n) is 3.65. The van der Waals surface area contributed by atoms with Crippen LogP contribution in [-0.2, 0) is 11.2 Å². The summed E-state index contributed by atoms with van der Waals surface area (Å²) in [6.07, 6.45) is 0.459. The van der Waals surface area contributed by atoms with Crippen molar-refractivity contribution in [2.45, 2.75) is 12.5 Å². The molecule has 5 heteroatoms. The summed E-state index contributed by atoms with van der Waals surface area (Å²) < 4.78 is 1.01. The first-order valence-electron chi connectivity index (χ1n) is 6.52. The molecular formula is C14H20BrN3O. The summed E-state index contributed by atoms with van der Waals surface area (Å²) >= 11 is 3.43. The second-order valence-electron chi connectivity index (χ2n) is 5.02. The molecular weight excluding hydrogens is 306 g/mol. The predicted octanol–water partition coefficient (Wildman–Crippen LogP) is 1.09. The fourth-order valence-corrected chi connectivity index (χ4v) is 2.81. The van der Waals surface area contributed by atoms with Gasteiger partial charge >= 0.3 is 0 Å². The van der Waals surface area contributed by atoms with Gasteiger partial charge in [-0.2, -0.15) is 0 Å². The maximum absolute atomic E-state index is 12.3. The first-order chi connectivity index (χ1) is 9.10. The number of hydrogen-bond donors (Lipinski definition) is 1. The van der Waals surface area contributed by atoms with Crippen molar-refractivity contribution in [1.82, 2.24) is 9.80 Å². The Hall–Kier alpha value is -0.910. The van der Waals surface area contributed by atoms with E-state index in [2.05, 4.69) is 27.9 Å². The van der Waals surface area contributed by atoms with Crippen LogP contribution in [-0.4, -0.2) is 55.0 Å². The predicted molar refractivity (Wildman–Crippen MR) is 79.9 cm³/mol. The van der Waals surface area contributed by atoms with Crippen molar-refractivity contribution in [3.63, 3.8) is 0 Å². The van der Waals surface area contributed by atoms with Gasteiger partial charge in [-0.15, -0.1) is 0 Å². The SMILES string of the molecule is CN1CCN(C(=O)Cc2cccc(Br)c2)CC1CN. The Morgan fingerprint density at radius 3 is 2.95 bits per heavy atom. The van der Waals surface area contributed by atoms with E-state index in [0.29, 0.717) is 13.0 Å². The van der Waals surface area contributed by atoms with Crippen LogP contribution in [0.2, 0.25) is 0 Å². The van der Waals surface area contributed by atoms with Crippen LogP contribution < -0.4 is 5.73 Å². The molecule has 1 fully saturated rings. The molecule has 2 N–H and O–H groups in total. The first kappa shape index (κ1) is 14.5. The van der Waals surface area contributed by atoms with Crippen molar-refractivity contribution in [3.05, 3.63) is 34.3 Å². The zero-order valence-corrected chi connectivity index (χ0v) is 12.8. The van der Waals surface area contributed by atoms with Crippen LogP contribution in [0.25, 0.3) is 0 Å². The molecule has 1 aliphatic rings. The monoisotopic (exact) mass is 325 g/mol. The van der Waals surface area contributed by atoms with E-state index in [-0.39, 0.29) is 11.9 Å². The third-order valence-corrected chi connectivity index (χ3v) is 4.14. The Balaban J connectivity index is 1.97. The van der Waals surface area contributed by atoms with E-state index in [1.165, 1.54) is 0 Å². The second-order valence-corrected chi connectivity index (χ2v) is 5.93. The molecule has 1 saturated heterocycles. The number of carbonyl (C=O) groups is 1. The number of nitrogens with zero attached hydrogens (tertiary/aromatic N) is 2. The van der Waals surface area contributed by atoms with E-state index in [9.17, 15) is 4.79 Å². The molecule has 1 amide bonds. The summed E-state index contributed by atoms with van der Waals surface area (Å²) in [5.41, 5.74) is 6.79. The van der Waals surface area contributed by atoms with Crippen LogP contribution in [0.5, 0.6) is 0 Å². The maximum atomic E-state index is 12.3. The highest BCUT2D eigenvalue weighted by Gasteiger charge is 2.26. The van der Waals surface area contributed by atoms with Crippen molar-refractivity contribution < 1.29 is 4.79 Å². The molecule has 1 heterocycles. The standard InChI is InChI=1S/C14H20BrN3O/c1-17-5-6-18(10-13(17)9-16)14(19)8-11-3-2-4-12(15)7-11/h2-4,7,13H,5-6,8-10,16H2,1H3. The smallest absolute Gasteiger partial charge is 0.227 e. The number of piperazine rings is 1. The van der Waals surface area contributed by atoms with Gasteiger partial charge in [0.25, 0.3) is 0 Å². The lowest BCUT2D eigenvalue weighted by Crippen LogP contribution is -2.56. The quantitative estimate of drug-likeness (QED) is 0.905. The molecule has 1 aromatic rings. The van der Waals surface area contributed by atoms with E-state index < -0.39 is 0 Å². The fraction of sp³-hybridized carbons (Fsp3) is 0.500. The van der Waals surface area contributed by atoms with Gasteiger partial charge in [-0.25, -0.2) is 0 Å². The van der Waals surface area contributed by atoms with Crippen LogP contribution in [0.4, 0.5) is 0 Å². The maximum Gasteiger partial charge on any atom is 0.227 e. The Kier molecular flexibility index (Phi) is 4.96. The van der Waals surface area contributed by atoms with Crippen molar-refractivity contribution in [2.75, 3.05) is 33.2 Å². The molecule has 2 rings (SSSR count). The Labute approximate surface area is 122 Å². The lowest BCUT2D eigenvalue weighted by Gasteiger charge is -2.39. The lowest BCUT2D eigenvalue weighted by molar-refractivity contribution is -0.133. The first-order valence-corrected chi connectivity index (χ1v) is 7.32. The van der Waals surface area contributed by atoms with Gasteiger partial charge < -0.3 is 10.6 Å². The molecule has 4 nitrogen and oxygen atoms in total. The molecule has 1 unspecified atom stereocenters. The van der Waals surface area contributed by atoms with Gasteiger partial charge in [0.1, 0.15) is 0 Å². The minimum absolute atomic E-state index is 0.185.